The summed E-state index contributed by atoms with van der Waals surface area (Å²) in [5.74, 6) is 0.118. The van der Waals surface area contributed by atoms with E-state index in [0.29, 0.717) is 6.42 Å². The van der Waals surface area contributed by atoms with Gasteiger partial charge in [0.1, 0.15) is 6.29 Å². The summed E-state index contributed by atoms with van der Waals surface area (Å²) in [4.78, 5) is 20.9. The van der Waals surface area contributed by atoms with Gasteiger partial charge in [-0.05, 0) is 11.8 Å². The summed E-state index contributed by atoms with van der Waals surface area (Å²) in [7, 11) is 1.34. The SMILES string of the molecule is COC(=O)/C=C/[C@@H](C)[C@H](C)CC=O. The molecule has 74 valence electrons. The highest BCUT2D eigenvalue weighted by Gasteiger charge is 2.08. The number of allylic oxidation sites excluding steroid dienone is 1. The van der Waals surface area contributed by atoms with Crippen molar-refractivity contribution in [2.45, 2.75) is 20.3 Å². The van der Waals surface area contributed by atoms with Crippen LogP contribution in [0.3, 0.4) is 0 Å². The van der Waals surface area contributed by atoms with Crippen LogP contribution in [-0.4, -0.2) is 19.4 Å². The smallest absolute Gasteiger partial charge is 0.330 e. The predicted molar refractivity (Wildman–Crippen MR) is 50.2 cm³/mol. The summed E-state index contributed by atoms with van der Waals surface area (Å²) in [6.07, 6.45) is 4.58. The Bertz CT molecular complexity index is 196. The van der Waals surface area contributed by atoms with Crippen LogP contribution in [0.25, 0.3) is 0 Å². The Morgan fingerprint density at radius 2 is 2.08 bits per heavy atom. The number of ether oxygens (including phenoxy) is 1. The van der Waals surface area contributed by atoms with E-state index in [1.165, 1.54) is 13.2 Å². The predicted octanol–water partition coefficient (Wildman–Crippen LogP) is 1.58. The maximum absolute atomic E-state index is 10.7. The van der Waals surface area contributed by atoms with Gasteiger partial charge >= 0.3 is 5.97 Å². The third kappa shape index (κ3) is 5.17. The molecule has 0 saturated heterocycles. The largest absolute Gasteiger partial charge is 0.466 e. The van der Waals surface area contributed by atoms with E-state index in [4.69, 9.17) is 0 Å². The lowest BCUT2D eigenvalue weighted by atomic mass is 9.93. The van der Waals surface area contributed by atoms with Gasteiger partial charge in [0.05, 0.1) is 7.11 Å². The lowest BCUT2D eigenvalue weighted by Gasteiger charge is -2.12. The molecule has 0 aliphatic carbocycles. The summed E-state index contributed by atoms with van der Waals surface area (Å²) < 4.78 is 4.45. The van der Waals surface area contributed by atoms with Gasteiger partial charge < -0.3 is 9.53 Å². The Balaban J connectivity index is 3.97. The second-order valence-electron chi connectivity index (χ2n) is 3.12. The van der Waals surface area contributed by atoms with E-state index in [0.717, 1.165) is 6.29 Å². The van der Waals surface area contributed by atoms with Crippen molar-refractivity contribution >= 4 is 12.3 Å². The molecule has 0 rings (SSSR count). The van der Waals surface area contributed by atoms with Crippen LogP contribution in [0.5, 0.6) is 0 Å². The summed E-state index contributed by atoms with van der Waals surface area (Å²) in [5.41, 5.74) is 0. The third-order valence-electron chi connectivity index (χ3n) is 2.10. The number of aldehydes is 1. The first-order valence-electron chi connectivity index (χ1n) is 4.31. The van der Waals surface area contributed by atoms with Crippen LogP contribution in [0, 0.1) is 11.8 Å². The molecule has 0 aliphatic heterocycles. The Morgan fingerprint density at radius 1 is 1.46 bits per heavy atom. The Hall–Kier alpha value is -1.12. The standard InChI is InChI=1S/C10H16O3/c1-8(9(2)6-7-11)4-5-10(12)13-3/h4-5,7-9H,6H2,1-3H3/b5-4+/t8-,9-/m1/s1. The van der Waals surface area contributed by atoms with Gasteiger partial charge in [-0.25, -0.2) is 4.79 Å². The normalized spacial score (nSPS) is 15.3. The van der Waals surface area contributed by atoms with E-state index < -0.39 is 0 Å². The van der Waals surface area contributed by atoms with Crippen molar-refractivity contribution < 1.29 is 14.3 Å². The number of hydrogen-bond donors (Lipinski definition) is 0. The molecule has 0 radical (unpaired) electrons. The first-order chi connectivity index (χ1) is 6.11. The van der Waals surface area contributed by atoms with Gasteiger partial charge in [-0.15, -0.1) is 0 Å². The van der Waals surface area contributed by atoms with Crippen molar-refractivity contribution in [1.82, 2.24) is 0 Å². The second-order valence-corrected chi connectivity index (χ2v) is 3.12. The van der Waals surface area contributed by atoms with Gasteiger partial charge in [-0.1, -0.05) is 19.9 Å². The Kier molecular flexibility index (Phi) is 5.85. The molecule has 0 heterocycles. The van der Waals surface area contributed by atoms with Crippen LogP contribution in [0.15, 0.2) is 12.2 Å². The zero-order valence-corrected chi connectivity index (χ0v) is 8.32. The van der Waals surface area contributed by atoms with Gasteiger partial charge in [0.25, 0.3) is 0 Å². The van der Waals surface area contributed by atoms with Crippen LogP contribution in [0.2, 0.25) is 0 Å². The minimum absolute atomic E-state index is 0.212. The number of carbonyl (C=O) groups is 2. The molecule has 0 amide bonds. The van der Waals surface area contributed by atoms with Gasteiger partial charge in [0.2, 0.25) is 0 Å². The Morgan fingerprint density at radius 3 is 2.54 bits per heavy atom. The maximum atomic E-state index is 10.7. The number of esters is 1. The van der Waals surface area contributed by atoms with Gasteiger partial charge in [-0.2, -0.15) is 0 Å². The number of hydrogen-bond acceptors (Lipinski definition) is 3. The monoisotopic (exact) mass is 184 g/mol. The van der Waals surface area contributed by atoms with Crippen molar-refractivity contribution in [2.24, 2.45) is 11.8 Å². The fraction of sp³-hybridized carbons (Fsp3) is 0.600. The lowest BCUT2D eigenvalue weighted by Crippen LogP contribution is -2.06. The average molecular weight is 184 g/mol. The molecule has 3 heteroatoms. The highest BCUT2D eigenvalue weighted by molar-refractivity contribution is 5.81. The Labute approximate surface area is 78.8 Å². The summed E-state index contributed by atoms with van der Waals surface area (Å²) in [6, 6.07) is 0. The lowest BCUT2D eigenvalue weighted by molar-refractivity contribution is -0.134. The first kappa shape index (κ1) is 11.9. The van der Waals surface area contributed by atoms with E-state index in [1.54, 1.807) is 6.08 Å². The fourth-order valence-electron chi connectivity index (χ4n) is 0.854. The maximum Gasteiger partial charge on any atom is 0.330 e. The zero-order chi connectivity index (χ0) is 10.3. The molecule has 0 saturated carbocycles. The molecule has 2 atom stereocenters. The molecule has 13 heavy (non-hydrogen) atoms. The molecule has 0 bridgehead atoms. The van der Waals surface area contributed by atoms with Crippen molar-refractivity contribution in [2.75, 3.05) is 7.11 Å². The molecule has 3 nitrogen and oxygen atoms in total. The van der Waals surface area contributed by atoms with Gasteiger partial charge in [0, 0.05) is 12.5 Å². The number of methoxy groups -OCH3 is 1. The van der Waals surface area contributed by atoms with Crippen molar-refractivity contribution in [3.05, 3.63) is 12.2 Å². The van der Waals surface area contributed by atoms with E-state index in [9.17, 15) is 9.59 Å². The topological polar surface area (TPSA) is 43.4 Å². The molecule has 0 aliphatic rings. The minimum Gasteiger partial charge on any atom is -0.466 e. The van der Waals surface area contributed by atoms with Gasteiger partial charge in [0.15, 0.2) is 0 Å². The number of carbonyl (C=O) groups excluding carboxylic acids is 2. The zero-order valence-electron chi connectivity index (χ0n) is 8.32. The average Bonchev–Trinajstić information content (AvgIpc) is 2.13. The van der Waals surface area contributed by atoms with Crippen LogP contribution in [0.1, 0.15) is 20.3 Å². The molecular weight excluding hydrogens is 168 g/mol. The molecule has 0 aromatic heterocycles. The molecule has 0 unspecified atom stereocenters. The molecule has 0 N–H and O–H groups in total. The first-order valence-corrected chi connectivity index (χ1v) is 4.31. The van der Waals surface area contributed by atoms with E-state index >= 15 is 0 Å². The van der Waals surface area contributed by atoms with E-state index in [1.807, 2.05) is 13.8 Å². The van der Waals surface area contributed by atoms with Gasteiger partial charge in [-0.3, -0.25) is 0 Å². The summed E-state index contributed by atoms with van der Waals surface area (Å²) in [6.45, 7) is 3.94. The van der Waals surface area contributed by atoms with Crippen LogP contribution in [0.4, 0.5) is 0 Å². The molecule has 0 fully saturated rings. The highest BCUT2D eigenvalue weighted by Crippen LogP contribution is 2.14. The van der Waals surface area contributed by atoms with E-state index in [2.05, 4.69) is 4.74 Å². The molecular formula is C10H16O3. The van der Waals surface area contributed by atoms with E-state index in [-0.39, 0.29) is 17.8 Å². The summed E-state index contributed by atoms with van der Waals surface area (Å²) >= 11 is 0. The minimum atomic E-state index is -0.356. The van der Waals surface area contributed by atoms with Crippen molar-refractivity contribution in [3.63, 3.8) is 0 Å². The van der Waals surface area contributed by atoms with Crippen LogP contribution >= 0.6 is 0 Å². The number of rotatable bonds is 5. The summed E-state index contributed by atoms with van der Waals surface area (Å²) in [5, 5.41) is 0. The molecule has 0 spiro atoms. The fourth-order valence-corrected chi connectivity index (χ4v) is 0.854. The van der Waals surface area contributed by atoms with Crippen molar-refractivity contribution in [1.29, 1.82) is 0 Å². The second kappa shape index (κ2) is 6.40. The van der Waals surface area contributed by atoms with Crippen LogP contribution in [-0.2, 0) is 14.3 Å². The molecule has 0 aromatic rings. The quantitative estimate of drug-likeness (QED) is 0.370. The van der Waals surface area contributed by atoms with Crippen LogP contribution < -0.4 is 0 Å². The third-order valence-corrected chi connectivity index (χ3v) is 2.10. The highest BCUT2D eigenvalue weighted by atomic mass is 16.5. The van der Waals surface area contributed by atoms with Crippen molar-refractivity contribution in [3.8, 4) is 0 Å². The molecule has 0 aromatic carbocycles.